The second-order valence-corrected chi connectivity index (χ2v) is 7.61. The highest BCUT2D eigenvalue weighted by Gasteiger charge is 2.14. The summed E-state index contributed by atoms with van der Waals surface area (Å²) >= 11 is 3.70. The molecule has 0 aliphatic rings. The minimum absolute atomic E-state index is 0.121. The molecule has 3 nitrogen and oxygen atoms in total. The molecule has 0 saturated carbocycles. The van der Waals surface area contributed by atoms with Gasteiger partial charge in [-0.1, -0.05) is 6.07 Å². The highest BCUT2D eigenvalue weighted by Crippen LogP contribution is 2.29. The third-order valence-electron chi connectivity index (χ3n) is 3.32. The Bertz CT molecular complexity index is 441. The molecule has 1 rings (SSSR count). The molecule has 120 valence electrons. The maximum Gasteiger partial charge on any atom is 0.0513 e. The number of halogens is 1. The summed E-state index contributed by atoms with van der Waals surface area (Å²) in [5.41, 5.74) is 2.58. The SMILES string of the molecule is CC(C)N(CCCO)c1ccc(CNC(C)(C)C)cc1Br. The first-order valence-electron chi connectivity index (χ1n) is 7.65. The van der Waals surface area contributed by atoms with Gasteiger partial charge in [0.1, 0.15) is 0 Å². The van der Waals surface area contributed by atoms with E-state index in [-0.39, 0.29) is 12.1 Å². The summed E-state index contributed by atoms with van der Waals surface area (Å²) in [4.78, 5) is 2.32. The van der Waals surface area contributed by atoms with E-state index >= 15 is 0 Å². The molecule has 1 aromatic rings. The molecule has 0 aliphatic heterocycles. The van der Waals surface area contributed by atoms with Crippen LogP contribution < -0.4 is 10.2 Å². The van der Waals surface area contributed by atoms with Crippen LogP contribution in [0.5, 0.6) is 0 Å². The number of nitrogens with one attached hydrogen (secondary N) is 1. The molecular formula is C17H29BrN2O. The molecule has 1 aromatic carbocycles. The zero-order chi connectivity index (χ0) is 16.0. The van der Waals surface area contributed by atoms with Gasteiger partial charge < -0.3 is 15.3 Å². The van der Waals surface area contributed by atoms with Crippen molar-refractivity contribution in [3.05, 3.63) is 28.2 Å². The van der Waals surface area contributed by atoms with E-state index in [1.54, 1.807) is 0 Å². The Morgan fingerprint density at radius 2 is 1.95 bits per heavy atom. The number of hydrogen-bond donors (Lipinski definition) is 2. The van der Waals surface area contributed by atoms with Gasteiger partial charge in [-0.3, -0.25) is 0 Å². The second-order valence-electron chi connectivity index (χ2n) is 6.75. The van der Waals surface area contributed by atoms with E-state index in [1.165, 1.54) is 11.3 Å². The van der Waals surface area contributed by atoms with Gasteiger partial charge in [-0.2, -0.15) is 0 Å². The van der Waals surface area contributed by atoms with Gasteiger partial charge in [0.05, 0.1) is 5.69 Å². The summed E-state index contributed by atoms with van der Waals surface area (Å²) in [5, 5.41) is 12.6. The average Bonchev–Trinajstić information content (AvgIpc) is 2.37. The fourth-order valence-electron chi connectivity index (χ4n) is 2.16. The lowest BCUT2D eigenvalue weighted by atomic mass is 10.1. The molecule has 0 atom stereocenters. The smallest absolute Gasteiger partial charge is 0.0513 e. The lowest BCUT2D eigenvalue weighted by molar-refractivity contribution is 0.288. The van der Waals surface area contributed by atoms with E-state index in [2.05, 4.69) is 79.0 Å². The minimum Gasteiger partial charge on any atom is -0.396 e. The largest absolute Gasteiger partial charge is 0.396 e. The zero-order valence-electron chi connectivity index (χ0n) is 13.9. The number of rotatable bonds is 7. The maximum absolute atomic E-state index is 9.06. The first-order chi connectivity index (χ1) is 9.74. The van der Waals surface area contributed by atoms with Crippen molar-refractivity contribution in [3.63, 3.8) is 0 Å². The Kier molecular flexibility index (Phi) is 7.17. The summed E-state index contributed by atoms with van der Waals surface area (Å²) in [5.74, 6) is 0. The average molecular weight is 357 g/mol. The molecule has 0 heterocycles. The van der Waals surface area contributed by atoms with Crippen LogP contribution in [0.15, 0.2) is 22.7 Å². The van der Waals surface area contributed by atoms with Crippen molar-refractivity contribution in [2.24, 2.45) is 0 Å². The molecule has 0 saturated heterocycles. The highest BCUT2D eigenvalue weighted by atomic mass is 79.9. The van der Waals surface area contributed by atoms with Crippen LogP contribution in [0.25, 0.3) is 0 Å². The predicted octanol–water partition coefficient (Wildman–Crippen LogP) is 3.93. The third-order valence-corrected chi connectivity index (χ3v) is 3.96. The standard InChI is InChI=1S/C17H29BrN2O/c1-13(2)20(9-6-10-21)16-8-7-14(11-15(16)18)12-19-17(3,4)5/h7-8,11,13,19,21H,6,9-10,12H2,1-5H3. The number of aliphatic hydroxyl groups excluding tert-OH is 1. The number of hydrogen-bond acceptors (Lipinski definition) is 3. The Morgan fingerprint density at radius 1 is 1.29 bits per heavy atom. The van der Waals surface area contributed by atoms with Crippen LogP contribution in [0.2, 0.25) is 0 Å². The maximum atomic E-state index is 9.06. The fourth-order valence-corrected chi connectivity index (χ4v) is 2.81. The van der Waals surface area contributed by atoms with E-state index in [0.717, 1.165) is 24.0 Å². The molecule has 0 radical (unpaired) electrons. The third kappa shape index (κ3) is 6.37. The van der Waals surface area contributed by atoms with Gasteiger partial charge in [0.15, 0.2) is 0 Å². The van der Waals surface area contributed by atoms with Gasteiger partial charge in [-0.25, -0.2) is 0 Å². The normalized spacial score (nSPS) is 12.0. The van der Waals surface area contributed by atoms with Crippen LogP contribution in [0, 0.1) is 0 Å². The first kappa shape index (κ1) is 18.5. The molecule has 21 heavy (non-hydrogen) atoms. The van der Waals surface area contributed by atoms with Crippen molar-refractivity contribution in [2.75, 3.05) is 18.1 Å². The minimum atomic E-state index is 0.121. The van der Waals surface area contributed by atoms with Gasteiger partial charge in [0.2, 0.25) is 0 Å². The molecule has 2 N–H and O–H groups in total. The van der Waals surface area contributed by atoms with Crippen LogP contribution in [0.1, 0.15) is 46.6 Å². The molecule has 0 amide bonds. The summed E-state index contributed by atoms with van der Waals surface area (Å²) < 4.78 is 1.11. The van der Waals surface area contributed by atoms with Gasteiger partial charge >= 0.3 is 0 Å². The lowest BCUT2D eigenvalue weighted by Gasteiger charge is -2.30. The Labute approximate surface area is 137 Å². The topological polar surface area (TPSA) is 35.5 Å². The van der Waals surface area contributed by atoms with Crippen molar-refractivity contribution < 1.29 is 5.11 Å². The fraction of sp³-hybridized carbons (Fsp3) is 0.647. The molecule has 4 heteroatoms. The first-order valence-corrected chi connectivity index (χ1v) is 8.45. The zero-order valence-corrected chi connectivity index (χ0v) is 15.5. The molecule has 0 aromatic heterocycles. The van der Waals surface area contributed by atoms with Crippen molar-refractivity contribution in [1.29, 1.82) is 0 Å². The number of nitrogens with zero attached hydrogens (tertiary/aromatic N) is 1. The van der Waals surface area contributed by atoms with Crippen molar-refractivity contribution in [2.45, 2.75) is 59.2 Å². The van der Waals surface area contributed by atoms with Crippen molar-refractivity contribution in [3.8, 4) is 0 Å². The molecule has 0 bridgehead atoms. The molecule has 0 aliphatic carbocycles. The summed E-state index contributed by atoms with van der Waals surface area (Å²) in [6.45, 7) is 12.8. The van der Waals surface area contributed by atoms with E-state index in [4.69, 9.17) is 5.11 Å². The van der Waals surface area contributed by atoms with Crippen molar-refractivity contribution >= 4 is 21.6 Å². The van der Waals surface area contributed by atoms with Crippen molar-refractivity contribution in [1.82, 2.24) is 5.32 Å². The van der Waals surface area contributed by atoms with E-state index in [1.807, 2.05) is 0 Å². The van der Waals surface area contributed by atoms with Crippen LogP contribution in [-0.4, -0.2) is 29.8 Å². The molecular weight excluding hydrogens is 328 g/mol. The van der Waals surface area contributed by atoms with E-state index in [9.17, 15) is 0 Å². The second kappa shape index (κ2) is 8.16. The quantitative estimate of drug-likeness (QED) is 0.776. The van der Waals surface area contributed by atoms with Gasteiger partial charge in [-0.05, 0) is 74.7 Å². The highest BCUT2D eigenvalue weighted by molar-refractivity contribution is 9.10. The molecule has 0 spiro atoms. The Morgan fingerprint density at radius 3 is 2.43 bits per heavy atom. The van der Waals surface area contributed by atoms with E-state index < -0.39 is 0 Å². The molecule has 0 unspecified atom stereocenters. The van der Waals surface area contributed by atoms with Gasteiger partial charge in [0.25, 0.3) is 0 Å². The molecule has 0 fully saturated rings. The van der Waals surface area contributed by atoms with Crippen LogP contribution in [0.4, 0.5) is 5.69 Å². The number of benzene rings is 1. The summed E-state index contributed by atoms with van der Waals surface area (Å²) in [6.07, 6.45) is 0.790. The van der Waals surface area contributed by atoms with Crippen LogP contribution >= 0.6 is 15.9 Å². The summed E-state index contributed by atoms with van der Waals surface area (Å²) in [6, 6.07) is 6.93. The van der Waals surface area contributed by atoms with Crippen LogP contribution in [0.3, 0.4) is 0 Å². The van der Waals surface area contributed by atoms with E-state index in [0.29, 0.717) is 6.04 Å². The predicted molar refractivity (Wildman–Crippen MR) is 94.9 cm³/mol. The lowest BCUT2D eigenvalue weighted by Crippen LogP contribution is -2.35. The number of aliphatic hydroxyl groups is 1. The van der Waals surface area contributed by atoms with Crippen LogP contribution in [-0.2, 0) is 6.54 Å². The monoisotopic (exact) mass is 356 g/mol. The Balaban J connectivity index is 2.84. The Hall–Kier alpha value is -0.580. The van der Waals surface area contributed by atoms with Gasteiger partial charge in [0, 0.05) is 35.7 Å². The number of anilines is 1. The summed E-state index contributed by atoms with van der Waals surface area (Å²) in [7, 11) is 0. The van der Waals surface area contributed by atoms with Gasteiger partial charge in [-0.15, -0.1) is 0 Å².